The van der Waals surface area contributed by atoms with E-state index >= 15 is 0 Å². The molecule has 3 aromatic rings. The van der Waals surface area contributed by atoms with E-state index in [1.54, 1.807) is 25.2 Å². The van der Waals surface area contributed by atoms with Crippen molar-refractivity contribution in [2.45, 2.75) is 34.2 Å². The highest BCUT2D eigenvalue weighted by Gasteiger charge is 2.24. The predicted octanol–water partition coefficient (Wildman–Crippen LogP) is 2.44. The van der Waals surface area contributed by atoms with Crippen molar-refractivity contribution in [3.05, 3.63) is 51.2 Å². The molecule has 0 atom stereocenters. The molecule has 7 nitrogen and oxygen atoms in total. The Kier molecular flexibility index (Phi) is 5.12. The van der Waals surface area contributed by atoms with Crippen molar-refractivity contribution < 1.29 is 4.79 Å². The molecule has 1 aliphatic rings. The first kappa shape index (κ1) is 19.6. The van der Waals surface area contributed by atoms with Crippen LogP contribution in [0.15, 0.2) is 23.3 Å². The van der Waals surface area contributed by atoms with Crippen molar-refractivity contribution in [1.82, 2.24) is 19.4 Å². The maximum atomic E-state index is 12.7. The quantitative estimate of drug-likeness (QED) is 0.662. The van der Waals surface area contributed by atoms with Gasteiger partial charge in [0.2, 0.25) is 5.91 Å². The van der Waals surface area contributed by atoms with Crippen LogP contribution in [0, 0.1) is 27.7 Å². The number of thiazole rings is 1. The first-order valence-corrected chi connectivity index (χ1v) is 10.6. The van der Waals surface area contributed by atoms with Crippen molar-refractivity contribution in [3.8, 4) is 0 Å². The van der Waals surface area contributed by atoms with E-state index in [0.717, 1.165) is 23.7 Å². The monoisotopic (exact) mass is 411 g/mol. The third-order valence-electron chi connectivity index (χ3n) is 5.53. The number of piperazine rings is 1. The van der Waals surface area contributed by atoms with Gasteiger partial charge in [-0.2, -0.15) is 0 Å². The number of aromatic nitrogens is 3. The molecule has 1 saturated heterocycles. The molecule has 0 spiro atoms. The van der Waals surface area contributed by atoms with Gasteiger partial charge in [-0.3, -0.25) is 14.2 Å². The summed E-state index contributed by atoms with van der Waals surface area (Å²) in [6.07, 6.45) is 1.46. The van der Waals surface area contributed by atoms with Crippen LogP contribution < -0.4 is 10.5 Å². The minimum Gasteiger partial charge on any atom is -0.345 e. The molecular formula is C21H25N5O2S. The minimum absolute atomic E-state index is 0.0343. The zero-order valence-corrected chi connectivity index (χ0v) is 18.0. The van der Waals surface area contributed by atoms with Crippen LogP contribution in [0.5, 0.6) is 0 Å². The number of anilines is 1. The fourth-order valence-electron chi connectivity index (χ4n) is 3.68. The molecule has 0 saturated carbocycles. The van der Waals surface area contributed by atoms with Gasteiger partial charge in [-0.1, -0.05) is 17.4 Å². The first-order valence-electron chi connectivity index (χ1n) is 9.76. The van der Waals surface area contributed by atoms with E-state index < -0.39 is 0 Å². The van der Waals surface area contributed by atoms with E-state index in [9.17, 15) is 9.59 Å². The maximum Gasteiger partial charge on any atom is 0.256 e. The molecule has 4 rings (SSSR count). The van der Waals surface area contributed by atoms with Crippen molar-refractivity contribution in [2.24, 2.45) is 0 Å². The van der Waals surface area contributed by atoms with Crippen molar-refractivity contribution in [2.75, 3.05) is 31.1 Å². The lowest BCUT2D eigenvalue weighted by Gasteiger charge is -2.34. The lowest BCUT2D eigenvalue weighted by molar-refractivity contribution is -0.132. The van der Waals surface area contributed by atoms with Gasteiger partial charge >= 0.3 is 0 Å². The molecule has 29 heavy (non-hydrogen) atoms. The molecule has 1 amide bonds. The summed E-state index contributed by atoms with van der Waals surface area (Å²) in [7, 11) is 0. The Bertz CT molecular complexity index is 1140. The van der Waals surface area contributed by atoms with E-state index in [2.05, 4.69) is 35.9 Å². The molecule has 1 fully saturated rings. The molecule has 0 aliphatic carbocycles. The highest BCUT2D eigenvalue weighted by atomic mass is 32.1. The highest BCUT2D eigenvalue weighted by Crippen LogP contribution is 2.32. The molecule has 0 bridgehead atoms. The Morgan fingerprint density at radius 2 is 1.83 bits per heavy atom. The molecule has 1 aromatic carbocycles. The number of aryl methyl sites for hydroxylation is 3. The van der Waals surface area contributed by atoms with Gasteiger partial charge in [-0.05, 0) is 44.9 Å². The van der Waals surface area contributed by atoms with E-state index in [-0.39, 0.29) is 18.0 Å². The molecule has 8 heteroatoms. The summed E-state index contributed by atoms with van der Waals surface area (Å²) < 4.78 is 2.63. The van der Waals surface area contributed by atoms with Gasteiger partial charge in [-0.15, -0.1) is 0 Å². The van der Waals surface area contributed by atoms with Gasteiger partial charge < -0.3 is 9.80 Å². The van der Waals surface area contributed by atoms with E-state index in [1.807, 2.05) is 4.90 Å². The Hall–Kier alpha value is -2.74. The SMILES string of the molecule is Cc1cc(C)c2sc(N3CCN(C(=O)Cn4cnc(C)c(C)c4=O)CC3)nc2c1. The van der Waals surface area contributed by atoms with E-state index in [4.69, 9.17) is 4.98 Å². The topological polar surface area (TPSA) is 71.3 Å². The van der Waals surface area contributed by atoms with Crippen molar-refractivity contribution in [1.29, 1.82) is 0 Å². The Balaban J connectivity index is 1.43. The molecule has 2 aromatic heterocycles. The summed E-state index contributed by atoms with van der Waals surface area (Å²) >= 11 is 1.71. The van der Waals surface area contributed by atoms with Crippen molar-refractivity contribution in [3.63, 3.8) is 0 Å². The number of rotatable bonds is 3. The zero-order valence-electron chi connectivity index (χ0n) is 17.2. The van der Waals surface area contributed by atoms with Crippen LogP contribution in [0.25, 0.3) is 10.2 Å². The number of amides is 1. The molecule has 3 heterocycles. The second-order valence-corrected chi connectivity index (χ2v) is 8.66. The van der Waals surface area contributed by atoms with Crippen LogP contribution in [0.4, 0.5) is 5.13 Å². The summed E-state index contributed by atoms with van der Waals surface area (Å²) in [6.45, 7) is 10.5. The number of nitrogens with zero attached hydrogens (tertiary/aromatic N) is 5. The normalized spacial score (nSPS) is 14.6. The molecule has 152 valence electrons. The molecule has 1 aliphatic heterocycles. The number of hydrogen-bond acceptors (Lipinski definition) is 6. The summed E-state index contributed by atoms with van der Waals surface area (Å²) in [6, 6.07) is 4.31. The number of carbonyl (C=O) groups excluding carboxylic acids is 1. The number of benzene rings is 1. The summed E-state index contributed by atoms with van der Waals surface area (Å²) in [4.78, 5) is 38.1. The number of hydrogen-bond donors (Lipinski definition) is 0. The van der Waals surface area contributed by atoms with Gasteiger partial charge in [-0.25, -0.2) is 9.97 Å². The summed E-state index contributed by atoms with van der Waals surface area (Å²) in [5.74, 6) is -0.0485. The van der Waals surface area contributed by atoms with Crippen LogP contribution in [-0.2, 0) is 11.3 Å². The number of carbonyl (C=O) groups is 1. The molecular weight excluding hydrogens is 386 g/mol. The summed E-state index contributed by atoms with van der Waals surface area (Å²) in [5.41, 5.74) is 4.66. The Labute approximate surface area is 173 Å². The number of fused-ring (bicyclic) bond motifs is 1. The van der Waals surface area contributed by atoms with Crippen LogP contribution in [-0.4, -0.2) is 51.5 Å². The summed E-state index contributed by atoms with van der Waals surface area (Å²) in [5, 5.41) is 1.01. The fourth-order valence-corrected chi connectivity index (χ4v) is 4.75. The van der Waals surface area contributed by atoms with Gasteiger partial charge in [0.1, 0.15) is 6.54 Å². The first-order chi connectivity index (χ1) is 13.8. The molecule has 0 N–H and O–H groups in total. The average molecular weight is 412 g/mol. The van der Waals surface area contributed by atoms with E-state index in [0.29, 0.717) is 24.3 Å². The highest BCUT2D eigenvalue weighted by molar-refractivity contribution is 7.22. The zero-order chi connectivity index (χ0) is 20.7. The Morgan fingerprint density at radius 1 is 1.10 bits per heavy atom. The lowest BCUT2D eigenvalue weighted by atomic mass is 10.1. The molecule has 0 radical (unpaired) electrons. The van der Waals surface area contributed by atoms with Gasteiger partial charge in [0.15, 0.2) is 5.13 Å². The standard InChI is InChI=1S/C21H25N5O2S/c1-13-9-14(2)19-17(10-13)23-21(29-19)25-7-5-24(6-8-25)18(27)11-26-12-22-16(4)15(3)20(26)28/h9-10,12H,5-8,11H2,1-4H3. The third kappa shape index (κ3) is 3.76. The van der Waals surface area contributed by atoms with Gasteiger partial charge in [0.25, 0.3) is 5.56 Å². The smallest absolute Gasteiger partial charge is 0.256 e. The maximum absolute atomic E-state index is 12.7. The van der Waals surface area contributed by atoms with Crippen LogP contribution in [0.2, 0.25) is 0 Å². The largest absolute Gasteiger partial charge is 0.345 e. The van der Waals surface area contributed by atoms with Crippen molar-refractivity contribution >= 4 is 32.6 Å². The second kappa shape index (κ2) is 7.59. The fraction of sp³-hybridized carbons (Fsp3) is 0.429. The second-order valence-electron chi connectivity index (χ2n) is 7.68. The van der Waals surface area contributed by atoms with Crippen LogP contribution >= 0.6 is 11.3 Å². The van der Waals surface area contributed by atoms with E-state index in [1.165, 1.54) is 26.7 Å². The Morgan fingerprint density at radius 3 is 2.55 bits per heavy atom. The lowest BCUT2D eigenvalue weighted by Crippen LogP contribution is -2.50. The predicted molar refractivity (Wildman–Crippen MR) is 116 cm³/mol. The minimum atomic E-state index is -0.148. The van der Waals surface area contributed by atoms with Gasteiger partial charge in [0.05, 0.1) is 16.5 Å². The third-order valence-corrected chi connectivity index (χ3v) is 6.80. The average Bonchev–Trinajstić information content (AvgIpc) is 3.13. The van der Waals surface area contributed by atoms with Gasteiger partial charge in [0, 0.05) is 37.4 Å². The van der Waals surface area contributed by atoms with Crippen LogP contribution in [0.1, 0.15) is 22.4 Å². The molecule has 0 unspecified atom stereocenters. The van der Waals surface area contributed by atoms with Crippen LogP contribution in [0.3, 0.4) is 0 Å².